The molecule has 0 amide bonds. The molecule has 0 unspecified atom stereocenters. The van der Waals surface area contributed by atoms with Crippen molar-refractivity contribution in [3.63, 3.8) is 0 Å². The Bertz CT molecular complexity index is 507. The molecule has 118 valence electrons. The van der Waals surface area contributed by atoms with Gasteiger partial charge in [-0.15, -0.1) is 0 Å². The van der Waals surface area contributed by atoms with Gasteiger partial charge >= 0.3 is 0 Å². The van der Waals surface area contributed by atoms with Gasteiger partial charge in [-0.3, -0.25) is 0 Å². The Balaban J connectivity index is 1.65. The number of hydrogen-bond acceptors (Lipinski definition) is 2. The fraction of sp³-hybridized carbons (Fsp3) is 0.400. The quantitative estimate of drug-likeness (QED) is 0.645. The summed E-state index contributed by atoms with van der Waals surface area (Å²) in [5, 5.41) is 3.47. The molecule has 0 saturated carbocycles. The zero-order valence-corrected chi connectivity index (χ0v) is 13.6. The van der Waals surface area contributed by atoms with Crippen LogP contribution in [0.2, 0.25) is 0 Å². The Morgan fingerprint density at radius 1 is 0.818 bits per heavy atom. The fourth-order valence-electron chi connectivity index (χ4n) is 2.33. The second kappa shape index (κ2) is 10.1. The summed E-state index contributed by atoms with van der Waals surface area (Å²) in [5.41, 5.74) is 3.87. The fourth-order valence-corrected chi connectivity index (χ4v) is 2.33. The highest BCUT2D eigenvalue weighted by Crippen LogP contribution is 2.19. The minimum Gasteiger partial charge on any atom is -0.381 e. The van der Waals surface area contributed by atoms with Gasteiger partial charge in [0.1, 0.15) is 0 Å². The van der Waals surface area contributed by atoms with Crippen LogP contribution in [0, 0.1) is 0 Å². The van der Waals surface area contributed by atoms with Gasteiger partial charge in [-0.25, -0.2) is 0 Å². The van der Waals surface area contributed by atoms with E-state index in [9.17, 15) is 0 Å². The van der Waals surface area contributed by atoms with E-state index in [2.05, 4.69) is 60.8 Å². The number of hydrogen-bond donors (Lipinski definition) is 1. The molecule has 0 aliphatic heterocycles. The molecule has 0 bridgehead atoms. The summed E-state index contributed by atoms with van der Waals surface area (Å²) in [6, 6.07) is 19.3. The lowest BCUT2D eigenvalue weighted by atomic mass is 10.0. The number of benzene rings is 2. The van der Waals surface area contributed by atoms with Crippen LogP contribution >= 0.6 is 0 Å². The molecule has 0 fully saturated rings. The van der Waals surface area contributed by atoms with Crippen molar-refractivity contribution in [1.82, 2.24) is 5.32 Å². The summed E-state index contributed by atoms with van der Waals surface area (Å²) < 4.78 is 5.55. The van der Waals surface area contributed by atoms with Crippen molar-refractivity contribution in [2.75, 3.05) is 19.8 Å². The number of ether oxygens (including phenoxy) is 1. The molecule has 2 rings (SSSR count). The molecular formula is C20H27NO. The number of nitrogens with one attached hydrogen (secondary N) is 1. The highest BCUT2D eigenvalue weighted by atomic mass is 16.5. The molecule has 0 atom stereocenters. The molecule has 2 nitrogen and oxygen atoms in total. The lowest BCUT2D eigenvalue weighted by molar-refractivity contribution is 0.129. The lowest BCUT2D eigenvalue weighted by Gasteiger charge is -2.07. The Morgan fingerprint density at radius 2 is 1.50 bits per heavy atom. The topological polar surface area (TPSA) is 21.3 Å². The molecule has 0 heterocycles. The molecule has 0 radical (unpaired) electrons. The zero-order chi connectivity index (χ0) is 15.5. The summed E-state index contributed by atoms with van der Waals surface area (Å²) in [6.07, 6.45) is 3.45. The first kappa shape index (κ1) is 16.7. The van der Waals surface area contributed by atoms with Gasteiger partial charge in [-0.2, -0.15) is 0 Å². The Kier molecular flexibility index (Phi) is 7.71. The zero-order valence-electron chi connectivity index (χ0n) is 13.6. The van der Waals surface area contributed by atoms with E-state index in [1.165, 1.54) is 29.5 Å². The van der Waals surface area contributed by atoms with E-state index in [0.717, 1.165) is 32.7 Å². The Hall–Kier alpha value is -1.64. The van der Waals surface area contributed by atoms with Crippen LogP contribution in [0.3, 0.4) is 0 Å². The molecule has 1 N–H and O–H groups in total. The van der Waals surface area contributed by atoms with Gasteiger partial charge in [0, 0.05) is 19.8 Å². The van der Waals surface area contributed by atoms with Crippen molar-refractivity contribution in [2.24, 2.45) is 0 Å². The largest absolute Gasteiger partial charge is 0.381 e. The van der Waals surface area contributed by atoms with E-state index in [1.54, 1.807) is 0 Å². The van der Waals surface area contributed by atoms with Crippen molar-refractivity contribution in [1.29, 1.82) is 0 Å². The summed E-state index contributed by atoms with van der Waals surface area (Å²) in [5.74, 6) is 0. The standard InChI is InChI=1S/C20H27NO/c1-2-3-15-22-16-7-14-21-17-18-10-12-20(13-11-18)19-8-5-4-6-9-19/h4-6,8-13,21H,2-3,7,14-17H2,1H3. The second-order valence-corrected chi connectivity index (χ2v) is 5.56. The van der Waals surface area contributed by atoms with Gasteiger partial charge in [0.15, 0.2) is 0 Å². The lowest BCUT2D eigenvalue weighted by Crippen LogP contribution is -2.16. The minimum absolute atomic E-state index is 0.861. The molecule has 0 saturated heterocycles. The molecule has 22 heavy (non-hydrogen) atoms. The highest BCUT2D eigenvalue weighted by molar-refractivity contribution is 5.63. The van der Waals surface area contributed by atoms with Crippen LogP contribution in [-0.2, 0) is 11.3 Å². The van der Waals surface area contributed by atoms with Crippen molar-refractivity contribution >= 4 is 0 Å². The van der Waals surface area contributed by atoms with Gasteiger partial charge in [-0.1, -0.05) is 67.9 Å². The monoisotopic (exact) mass is 297 g/mol. The summed E-state index contributed by atoms with van der Waals surface area (Å²) in [6.45, 7) is 5.88. The summed E-state index contributed by atoms with van der Waals surface area (Å²) >= 11 is 0. The van der Waals surface area contributed by atoms with Crippen LogP contribution in [-0.4, -0.2) is 19.8 Å². The van der Waals surface area contributed by atoms with Crippen molar-refractivity contribution < 1.29 is 4.74 Å². The van der Waals surface area contributed by atoms with E-state index < -0.39 is 0 Å². The summed E-state index contributed by atoms with van der Waals surface area (Å²) in [7, 11) is 0. The van der Waals surface area contributed by atoms with Crippen LogP contribution in [0.4, 0.5) is 0 Å². The number of rotatable bonds is 10. The molecule has 0 aliphatic carbocycles. The molecular weight excluding hydrogens is 270 g/mol. The van der Waals surface area contributed by atoms with Gasteiger partial charge in [-0.05, 0) is 36.1 Å². The Morgan fingerprint density at radius 3 is 2.23 bits per heavy atom. The smallest absolute Gasteiger partial charge is 0.0478 e. The summed E-state index contributed by atoms with van der Waals surface area (Å²) in [4.78, 5) is 0. The molecule has 0 spiro atoms. The van der Waals surface area contributed by atoms with Gasteiger partial charge in [0.25, 0.3) is 0 Å². The van der Waals surface area contributed by atoms with Crippen LogP contribution in [0.15, 0.2) is 54.6 Å². The third kappa shape index (κ3) is 6.00. The van der Waals surface area contributed by atoms with Gasteiger partial charge in [0.05, 0.1) is 0 Å². The highest BCUT2D eigenvalue weighted by Gasteiger charge is 1.97. The van der Waals surface area contributed by atoms with Crippen molar-refractivity contribution in [3.05, 3.63) is 60.2 Å². The minimum atomic E-state index is 0.861. The SMILES string of the molecule is CCCCOCCCNCc1ccc(-c2ccccc2)cc1. The molecule has 2 heteroatoms. The molecule has 0 aromatic heterocycles. The third-order valence-electron chi connectivity index (χ3n) is 3.67. The Labute approximate surface area is 134 Å². The van der Waals surface area contributed by atoms with E-state index >= 15 is 0 Å². The van der Waals surface area contributed by atoms with Crippen LogP contribution in [0.5, 0.6) is 0 Å². The third-order valence-corrected chi connectivity index (χ3v) is 3.67. The first-order chi connectivity index (χ1) is 10.9. The van der Waals surface area contributed by atoms with E-state index in [0.29, 0.717) is 0 Å². The second-order valence-electron chi connectivity index (χ2n) is 5.56. The molecule has 2 aromatic carbocycles. The van der Waals surface area contributed by atoms with Crippen molar-refractivity contribution in [2.45, 2.75) is 32.7 Å². The number of unbranched alkanes of at least 4 members (excludes halogenated alkanes) is 1. The predicted octanol–water partition coefficient (Wildman–Crippen LogP) is 4.65. The maximum atomic E-state index is 5.55. The first-order valence-electron chi connectivity index (χ1n) is 8.33. The predicted molar refractivity (Wildman–Crippen MR) is 93.9 cm³/mol. The van der Waals surface area contributed by atoms with E-state index in [-0.39, 0.29) is 0 Å². The van der Waals surface area contributed by atoms with E-state index in [4.69, 9.17) is 4.74 Å². The maximum absolute atomic E-state index is 5.55. The first-order valence-corrected chi connectivity index (χ1v) is 8.33. The van der Waals surface area contributed by atoms with Crippen LogP contribution in [0.1, 0.15) is 31.7 Å². The van der Waals surface area contributed by atoms with Crippen LogP contribution in [0.25, 0.3) is 11.1 Å². The maximum Gasteiger partial charge on any atom is 0.0478 e. The normalized spacial score (nSPS) is 10.8. The van der Waals surface area contributed by atoms with Crippen LogP contribution < -0.4 is 5.32 Å². The van der Waals surface area contributed by atoms with Gasteiger partial charge in [0.2, 0.25) is 0 Å². The van der Waals surface area contributed by atoms with E-state index in [1.807, 2.05) is 6.07 Å². The van der Waals surface area contributed by atoms with Crippen molar-refractivity contribution in [3.8, 4) is 11.1 Å². The van der Waals surface area contributed by atoms with Gasteiger partial charge < -0.3 is 10.1 Å². The average Bonchev–Trinajstić information content (AvgIpc) is 2.59. The molecule has 2 aromatic rings. The average molecular weight is 297 g/mol. The molecule has 0 aliphatic rings.